The number of hydrogen-bond acceptors (Lipinski definition) is 21. The van der Waals surface area contributed by atoms with E-state index >= 15 is 0 Å². The minimum absolute atomic E-state index is 0. The van der Waals surface area contributed by atoms with Crippen molar-refractivity contribution in [3.8, 4) is 0 Å². The van der Waals surface area contributed by atoms with Gasteiger partial charge in [-0.3, -0.25) is 23.7 Å². The Labute approximate surface area is 372 Å². The van der Waals surface area contributed by atoms with Crippen molar-refractivity contribution in [2.45, 2.75) is 49.1 Å². The van der Waals surface area contributed by atoms with Gasteiger partial charge in [0.15, 0.2) is 34.8 Å². The van der Waals surface area contributed by atoms with Gasteiger partial charge in [0.2, 0.25) is 5.95 Å². The summed E-state index contributed by atoms with van der Waals surface area (Å²) in [6.45, 7) is -1.53. The number of fused-ring (bicyclic) bond motifs is 2. The van der Waals surface area contributed by atoms with Crippen molar-refractivity contribution in [3.05, 3.63) is 39.7 Å². The Hall–Kier alpha value is 0.480. The maximum absolute atomic E-state index is 11.7. The van der Waals surface area contributed by atoms with E-state index in [1.54, 1.807) is 0 Å². The summed E-state index contributed by atoms with van der Waals surface area (Å²) in [6.07, 6.45) is -7.57. The third kappa shape index (κ3) is 11.8. The number of imidazole rings is 2. The Kier molecular flexibility index (Phi) is 19.5. The molecule has 0 aromatic carbocycles. The molecule has 6 rings (SSSR count). The number of aromatic nitrogens is 8. The maximum atomic E-state index is 11.7. The molecule has 6 heterocycles. The first kappa shape index (κ1) is 49.5. The first-order chi connectivity index (χ1) is 21.9. The molecule has 2 aliphatic rings. The van der Waals surface area contributed by atoms with E-state index in [1.807, 2.05) is 0 Å². The summed E-state index contributed by atoms with van der Waals surface area (Å²) in [4.78, 5) is 85.3. The predicted molar refractivity (Wildman–Crippen MR) is 140 cm³/mol. The molecule has 0 aliphatic carbocycles. The van der Waals surface area contributed by atoms with Gasteiger partial charge in [-0.15, -0.1) is 0 Å². The molecule has 25 nitrogen and oxygen atoms in total. The molecule has 4 aromatic rings. The molecule has 8 atom stereocenters. The van der Waals surface area contributed by atoms with Crippen molar-refractivity contribution < 1.29 is 186 Å². The molecule has 0 saturated carbocycles. The quantitative estimate of drug-likeness (QED) is 0.0642. The first-order valence-corrected chi connectivity index (χ1v) is 15.9. The van der Waals surface area contributed by atoms with Crippen molar-refractivity contribution in [1.82, 2.24) is 39.0 Å². The number of phosphoric acid groups is 2. The second kappa shape index (κ2) is 20.1. The van der Waals surface area contributed by atoms with Crippen molar-refractivity contribution >= 4 is 43.9 Å². The minimum Gasteiger partial charge on any atom is -0.790 e. The molecular formula is C20H23N9Na4O16P2. The third-order valence-electron chi connectivity index (χ3n) is 6.83. The zero-order valence-corrected chi connectivity index (χ0v) is 36.9. The summed E-state index contributed by atoms with van der Waals surface area (Å²) in [5.41, 5.74) is 4.37. The second-order valence-corrected chi connectivity index (χ2v) is 12.2. The SMILES string of the molecule is Nc1nc2c(ncn2[C@@H]2O[C@H](COP(=O)([O-])[O-])[C@@H](O)[C@H]2O)c(=O)[nH]1.O=c1[nH]cnc2c1ncn2[C@@H]1O[C@H](COP(=O)([O-])[O-])[C@@H](O)[C@H]1O.[Na+].[Na+].[Na+].[Na+]. The zero-order chi connectivity index (χ0) is 34.4. The average molecular weight is 799 g/mol. The Morgan fingerprint density at radius 1 is 0.745 bits per heavy atom. The summed E-state index contributed by atoms with van der Waals surface area (Å²) in [5.74, 6) is -0.194. The number of hydrogen-bond donors (Lipinski definition) is 7. The van der Waals surface area contributed by atoms with Crippen LogP contribution in [0.25, 0.3) is 22.3 Å². The van der Waals surface area contributed by atoms with Gasteiger partial charge in [0.1, 0.15) is 36.6 Å². The molecule has 31 heteroatoms. The maximum Gasteiger partial charge on any atom is 1.00 e. The van der Waals surface area contributed by atoms with Crippen molar-refractivity contribution in [2.75, 3.05) is 18.9 Å². The number of phosphoric ester groups is 2. The topological polar surface area (TPSA) is 397 Å². The monoisotopic (exact) mass is 799 g/mol. The van der Waals surface area contributed by atoms with Crippen LogP contribution in [0, 0.1) is 0 Å². The number of nitrogens with one attached hydrogen (secondary N) is 2. The van der Waals surface area contributed by atoms with E-state index in [-0.39, 0.29) is 147 Å². The molecule has 0 unspecified atom stereocenters. The van der Waals surface area contributed by atoms with Gasteiger partial charge in [0.25, 0.3) is 11.1 Å². The molecule has 0 spiro atoms. The molecule has 0 amide bonds. The molecule has 0 radical (unpaired) electrons. The first-order valence-electron chi connectivity index (χ1n) is 12.9. The van der Waals surface area contributed by atoms with Crippen LogP contribution < -0.4 is 155 Å². The predicted octanol–water partition coefficient (Wildman–Crippen LogP) is -19.2. The van der Waals surface area contributed by atoms with Crippen LogP contribution in [0.4, 0.5) is 5.95 Å². The van der Waals surface area contributed by atoms with Crippen LogP contribution >= 0.6 is 15.6 Å². The van der Waals surface area contributed by atoms with E-state index in [2.05, 4.69) is 39.0 Å². The summed E-state index contributed by atoms with van der Waals surface area (Å²) in [6, 6.07) is 0. The van der Waals surface area contributed by atoms with Crippen LogP contribution in [0.2, 0.25) is 0 Å². The van der Waals surface area contributed by atoms with Crippen LogP contribution in [-0.2, 0) is 27.7 Å². The van der Waals surface area contributed by atoms with Gasteiger partial charge >= 0.3 is 118 Å². The van der Waals surface area contributed by atoms with Gasteiger partial charge in [-0.25, -0.2) is 15.0 Å². The molecule has 2 aliphatic heterocycles. The van der Waals surface area contributed by atoms with Gasteiger partial charge in [-0.1, -0.05) is 0 Å². The molecule has 4 aromatic heterocycles. The fraction of sp³-hybridized carbons (Fsp3) is 0.500. The number of anilines is 1. The van der Waals surface area contributed by atoms with Crippen LogP contribution in [0.3, 0.4) is 0 Å². The van der Waals surface area contributed by atoms with Crippen LogP contribution in [0.15, 0.2) is 28.6 Å². The minimum atomic E-state index is -5.26. The fourth-order valence-corrected chi connectivity index (χ4v) is 5.36. The number of aliphatic hydroxyl groups excluding tert-OH is 4. The standard InChI is InChI=1S/C10H14N5O8P.C10H13N4O8P.4Na/c11-10-13-7-4(8(18)14-10)12-2-15(7)9-6(17)5(16)3(23-9)1-22-24(19,20)21;15-6-4(1-21-23(18,19)20)22-10(7(6)16)14-3-13-5-8(14)11-2-12-9(5)17;;;;/h2-3,5-6,9,16-17H,1H2,(H2,19,20,21)(H3,11,13,14,18);2-4,6-7,10,15-16H,1H2,(H,11,12,17)(H2,18,19,20);;;;/q;;4*+1/p-4/t3-,5-,6-,9-;4-,6-,7-,10-;;;;/m11..../s1. The number of nitrogens with two attached hydrogens (primary N) is 1. The number of rotatable bonds is 8. The van der Waals surface area contributed by atoms with Crippen LogP contribution in [0.5, 0.6) is 0 Å². The summed E-state index contributed by atoms with van der Waals surface area (Å²) >= 11 is 0. The smallest absolute Gasteiger partial charge is 0.790 e. The van der Waals surface area contributed by atoms with E-state index in [0.717, 1.165) is 17.2 Å². The van der Waals surface area contributed by atoms with E-state index in [9.17, 15) is 58.7 Å². The molecule has 0 bridgehead atoms. The van der Waals surface area contributed by atoms with E-state index in [1.165, 1.54) is 10.9 Å². The van der Waals surface area contributed by atoms with Crippen molar-refractivity contribution in [3.63, 3.8) is 0 Å². The Bertz CT molecular complexity index is 1970. The number of nitrogens with zero attached hydrogens (tertiary/aromatic N) is 6. The second-order valence-electron chi connectivity index (χ2n) is 9.91. The Balaban J connectivity index is 0.000000473. The molecule has 258 valence electrons. The molecule has 2 fully saturated rings. The Morgan fingerprint density at radius 2 is 1.18 bits per heavy atom. The zero-order valence-electron chi connectivity index (χ0n) is 27.1. The molecule has 2 saturated heterocycles. The summed E-state index contributed by atoms with van der Waals surface area (Å²) < 4.78 is 42.1. The molecule has 8 N–H and O–H groups in total. The van der Waals surface area contributed by atoms with Gasteiger partial charge in [-0.05, 0) is 0 Å². The normalized spacial score (nSPS) is 26.0. The van der Waals surface area contributed by atoms with E-state index in [4.69, 9.17) is 15.2 Å². The number of aromatic amines is 2. The largest absolute Gasteiger partial charge is 1.00 e. The Morgan fingerprint density at radius 3 is 1.63 bits per heavy atom. The fourth-order valence-electron chi connectivity index (χ4n) is 4.70. The molecular weight excluding hydrogens is 776 g/mol. The van der Waals surface area contributed by atoms with Gasteiger partial charge in [0.05, 0.1) is 47.8 Å². The number of nitrogen functional groups attached to an aromatic ring is 1. The third-order valence-corrected chi connectivity index (χ3v) is 7.76. The molecule has 51 heavy (non-hydrogen) atoms. The van der Waals surface area contributed by atoms with Crippen molar-refractivity contribution in [1.29, 1.82) is 0 Å². The van der Waals surface area contributed by atoms with Gasteiger partial charge in [0, 0.05) is 0 Å². The van der Waals surface area contributed by atoms with Gasteiger partial charge < -0.3 is 78.4 Å². The average Bonchev–Trinajstić information content (AvgIpc) is 3.73. The van der Waals surface area contributed by atoms with Crippen LogP contribution in [-0.4, -0.2) is 109 Å². The van der Waals surface area contributed by atoms with E-state index in [0.29, 0.717) is 0 Å². The number of ether oxygens (including phenoxy) is 2. The summed E-state index contributed by atoms with van der Waals surface area (Å²) in [5, 5.41) is 39.9. The summed E-state index contributed by atoms with van der Waals surface area (Å²) in [7, 11) is -10.5. The van der Waals surface area contributed by atoms with Crippen molar-refractivity contribution in [2.24, 2.45) is 0 Å². The number of aliphatic hydroxyl groups is 4. The number of H-pyrrole nitrogens is 2. The van der Waals surface area contributed by atoms with Crippen LogP contribution in [0.1, 0.15) is 12.5 Å². The van der Waals surface area contributed by atoms with Gasteiger partial charge in [-0.2, -0.15) is 4.98 Å². The van der Waals surface area contributed by atoms with E-state index < -0.39 is 89.1 Å².